The summed E-state index contributed by atoms with van der Waals surface area (Å²) in [6.45, 7) is 7.77. The second-order valence-electron chi connectivity index (χ2n) is 4.05. The number of hydrogen-bond donors (Lipinski definition) is 0. The summed E-state index contributed by atoms with van der Waals surface area (Å²) in [5.74, 6) is -3.26. The van der Waals surface area contributed by atoms with Gasteiger partial charge < -0.3 is 18.0 Å². The summed E-state index contributed by atoms with van der Waals surface area (Å²) in [6, 6.07) is 0.00628. The van der Waals surface area contributed by atoms with Crippen molar-refractivity contribution in [1.82, 2.24) is 0 Å². The molecule has 8 nitrogen and oxygen atoms in total. The van der Waals surface area contributed by atoms with Crippen LogP contribution in [0, 0.1) is 0 Å². The van der Waals surface area contributed by atoms with Gasteiger partial charge in [0.2, 0.25) is 0 Å². The van der Waals surface area contributed by atoms with Gasteiger partial charge in [-0.2, -0.15) is 0 Å². The fourth-order valence-electron chi connectivity index (χ4n) is 1.17. The third-order valence-corrected chi connectivity index (χ3v) is 4.57. The lowest BCUT2D eigenvalue weighted by molar-refractivity contribution is -0.157. The Morgan fingerprint density at radius 1 is 0.952 bits per heavy atom. The van der Waals surface area contributed by atoms with E-state index >= 15 is 0 Å². The van der Waals surface area contributed by atoms with Crippen molar-refractivity contribution < 1.29 is 37.2 Å². The molecule has 0 aliphatic heterocycles. The lowest BCUT2D eigenvalue weighted by atomic mass is 10.4. The molecule has 0 saturated heterocycles. The Bertz CT molecular complexity index is 440. The van der Waals surface area contributed by atoms with Gasteiger partial charge in [0.1, 0.15) is 0 Å². The van der Waals surface area contributed by atoms with Gasteiger partial charge in [0.15, 0.2) is 6.61 Å². The van der Waals surface area contributed by atoms with Gasteiger partial charge in [-0.25, -0.2) is 9.59 Å². The van der Waals surface area contributed by atoms with Crippen molar-refractivity contribution in [3.05, 3.63) is 12.2 Å². The van der Waals surface area contributed by atoms with Gasteiger partial charge in [-0.15, -0.1) is 0 Å². The Morgan fingerprint density at radius 2 is 1.43 bits per heavy atom. The summed E-state index contributed by atoms with van der Waals surface area (Å²) in [6.07, 6.45) is 0. The predicted molar refractivity (Wildman–Crippen MR) is 71.6 cm³/mol. The number of carbonyl (C=O) groups is 4. The van der Waals surface area contributed by atoms with Crippen LogP contribution >= 0.6 is 0 Å². The van der Waals surface area contributed by atoms with Crippen molar-refractivity contribution in [2.45, 2.75) is 33.7 Å². The van der Waals surface area contributed by atoms with E-state index < -0.39 is 39.3 Å². The van der Waals surface area contributed by atoms with E-state index in [1.54, 1.807) is 0 Å². The van der Waals surface area contributed by atoms with Crippen LogP contribution in [-0.2, 0) is 37.2 Å². The molecule has 0 bridgehead atoms. The number of hydrogen-bond acceptors (Lipinski definition) is 8. The van der Waals surface area contributed by atoms with Crippen LogP contribution in [0.25, 0.3) is 0 Å². The first kappa shape index (κ1) is 18.8. The van der Waals surface area contributed by atoms with Gasteiger partial charge in [-0.3, -0.25) is 9.59 Å². The molecule has 0 aromatic heterocycles. The Kier molecular flexibility index (Phi) is 7.35. The van der Waals surface area contributed by atoms with Crippen molar-refractivity contribution in [2.24, 2.45) is 0 Å². The van der Waals surface area contributed by atoms with E-state index in [0.29, 0.717) is 0 Å². The summed E-state index contributed by atoms with van der Waals surface area (Å²) in [4.78, 5) is 44.9. The maximum absolute atomic E-state index is 11.6. The Balaban J connectivity index is 4.82. The minimum Gasteiger partial charge on any atom is -0.455 e. The van der Waals surface area contributed by atoms with Gasteiger partial charge in [-0.05, 0) is 6.92 Å². The van der Waals surface area contributed by atoms with E-state index in [9.17, 15) is 19.2 Å². The molecule has 0 aromatic carbocycles. The third kappa shape index (κ3) is 7.25. The molecule has 0 spiro atoms. The molecule has 0 atom stereocenters. The highest BCUT2D eigenvalue weighted by atomic mass is 28.4. The van der Waals surface area contributed by atoms with Crippen LogP contribution in [0.15, 0.2) is 12.2 Å². The number of esters is 1. The molecule has 0 unspecified atom stereocenters. The van der Waals surface area contributed by atoms with E-state index in [4.69, 9.17) is 13.3 Å². The van der Waals surface area contributed by atoms with Crippen molar-refractivity contribution >= 4 is 32.7 Å². The van der Waals surface area contributed by atoms with Crippen LogP contribution < -0.4 is 0 Å². The second-order valence-corrected chi connectivity index (χ2v) is 6.74. The molecule has 0 N–H and O–H groups in total. The quantitative estimate of drug-likeness (QED) is 0.384. The highest BCUT2D eigenvalue weighted by molar-refractivity contribution is 6.65. The Hall–Kier alpha value is -2.16. The molecule has 0 radical (unpaired) electrons. The first-order valence-corrected chi connectivity index (χ1v) is 7.98. The zero-order chi connectivity index (χ0) is 16.6. The Labute approximate surface area is 123 Å². The van der Waals surface area contributed by atoms with Crippen LogP contribution in [0.2, 0.25) is 6.04 Å². The summed E-state index contributed by atoms with van der Waals surface area (Å²) < 4.78 is 19.3. The molecule has 0 amide bonds. The monoisotopic (exact) mass is 318 g/mol. The Morgan fingerprint density at radius 3 is 1.76 bits per heavy atom. The molecule has 0 aromatic rings. The maximum atomic E-state index is 11.6. The summed E-state index contributed by atoms with van der Waals surface area (Å²) in [5, 5.41) is 0. The molecule has 0 fully saturated rings. The van der Waals surface area contributed by atoms with Crippen LogP contribution in [-0.4, -0.2) is 39.3 Å². The second kappa shape index (κ2) is 8.20. The van der Waals surface area contributed by atoms with Crippen LogP contribution in [0.1, 0.15) is 27.7 Å². The minimum absolute atomic E-state index is 0.00628. The molecular formula is C12H18O8Si. The molecule has 0 aliphatic carbocycles. The number of ether oxygens (including phenoxy) is 1. The highest BCUT2D eigenvalue weighted by Crippen LogP contribution is 2.16. The minimum atomic E-state index is -3.82. The normalized spacial score (nSPS) is 10.3. The van der Waals surface area contributed by atoms with Crippen molar-refractivity contribution in [3.63, 3.8) is 0 Å². The van der Waals surface area contributed by atoms with Crippen molar-refractivity contribution in [1.29, 1.82) is 0 Å². The fourth-order valence-corrected chi connectivity index (χ4v) is 3.01. The molecule has 9 heteroatoms. The van der Waals surface area contributed by atoms with E-state index in [2.05, 4.69) is 11.3 Å². The van der Waals surface area contributed by atoms with Crippen LogP contribution in [0.5, 0.6) is 0 Å². The first-order valence-electron chi connectivity index (χ1n) is 6.05. The molecule has 0 aliphatic rings. The van der Waals surface area contributed by atoms with Crippen molar-refractivity contribution in [2.75, 3.05) is 6.61 Å². The lowest BCUT2D eigenvalue weighted by Crippen LogP contribution is -2.49. The molecule has 0 saturated carbocycles. The third-order valence-electron chi connectivity index (χ3n) is 1.97. The van der Waals surface area contributed by atoms with Gasteiger partial charge in [0.05, 0.1) is 6.04 Å². The molecule has 21 heavy (non-hydrogen) atoms. The van der Waals surface area contributed by atoms with E-state index in [1.165, 1.54) is 13.8 Å². The SMILES string of the molecule is C=C(C)C(=O)OCC(=O)O[Si](CC)(OC(C)=O)OC(C)=O. The van der Waals surface area contributed by atoms with Gasteiger partial charge in [0.25, 0.3) is 11.9 Å². The zero-order valence-corrected chi connectivity index (χ0v) is 13.4. The summed E-state index contributed by atoms with van der Waals surface area (Å²) in [7, 11) is -3.82. The number of rotatable bonds is 7. The predicted octanol–water partition coefficient (Wildman–Crippen LogP) is 0.734. The zero-order valence-electron chi connectivity index (χ0n) is 12.4. The molecule has 0 heterocycles. The topological polar surface area (TPSA) is 105 Å². The average Bonchev–Trinajstić information content (AvgIpc) is 2.33. The van der Waals surface area contributed by atoms with Gasteiger partial charge in [0, 0.05) is 19.4 Å². The van der Waals surface area contributed by atoms with Crippen molar-refractivity contribution in [3.8, 4) is 0 Å². The number of carbonyl (C=O) groups excluding carboxylic acids is 4. The van der Waals surface area contributed by atoms with Gasteiger partial charge in [-0.1, -0.05) is 13.5 Å². The lowest BCUT2D eigenvalue weighted by Gasteiger charge is -2.25. The highest BCUT2D eigenvalue weighted by Gasteiger charge is 2.50. The maximum Gasteiger partial charge on any atom is 0.704 e. The molecule has 0 rings (SSSR count). The standard InChI is InChI=1S/C12H18O8Si/c1-6-21(18-9(4)13,19-10(5)14)20-11(15)7-17-12(16)8(2)3/h2,6-7H2,1,3-5H3. The van der Waals surface area contributed by atoms with Crippen LogP contribution in [0.4, 0.5) is 0 Å². The summed E-state index contributed by atoms with van der Waals surface area (Å²) >= 11 is 0. The molecule has 118 valence electrons. The summed E-state index contributed by atoms with van der Waals surface area (Å²) in [5.41, 5.74) is 0.113. The molecular weight excluding hydrogens is 300 g/mol. The largest absolute Gasteiger partial charge is 0.704 e. The van der Waals surface area contributed by atoms with E-state index in [1.807, 2.05) is 0 Å². The average molecular weight is 318 g/mol. The van der Waals surface area contributed by atoms with Crippen LogP contribution in [0.3, 0.4) is 0 Å². The fraction of sp³-hybridized carbons (Fsp3) is 0.500. The van der Waals surface area contributed by atoms with Gasteiger partial charge >= 0.3 is 20.7 Å². The smallest absolute Gasteiger partial charge is 0.455 e. The van der Waals surface area contributed by atoms with E-state index in [0.717, 1.165) is 13.8 Å². The van der Waals surface area contributed by atoms with E-state index in [-0.39, 0.29) is 11.6 Å². The first-order chi connectivity index (χ1) is 9.61.